The molecule has 6 nitrogen and oxygen atoms in total. The predicted molar refractivity (Wildman–Crippen MR) is 103 cm³/mol. The Bertz CT molecular complexity index is 617. The van der Waals surface area contributed by atoms with Crippen molar-refractivity contribution >= 4 is 33.8 Å². The van der Waals surface area contributed by atoms with Crippen molar-refractivity contribution in [3.63, 3.8) is 0 Å². The third-order valence-corrected chi connectivity index (χ3v) is 7.88. The fourth-order valence-electron chi connectivity index (χ4n) is 6.30. The Morgan fingerprint density at radius 1 is 1.00 bits per heavy atom. The second-order valence-corrected chi connectivity index (χ2v) is 11.0. The van der Waals surface area contributed by atoms with Crippen molar-refractivity contribution in [3.05, 3.63) is 0 Å². The summed E-state index contributed by atoms with van der Waals surface area (Å²) in [5.74, 6) is 0.333. The Labute approximate surface area is 168 Å². The van der Waals surface area contributed by atoms with Gasteiger partial charge < -0.3 is 10.1 Å². The van der Waals surface area contributed by atoms with E-state index < -0.39 is 17.4 Å². The number of halogens is 1. The van der Waals surface area contributed by atoms with Gasteiger partial charge in [-0.1, -0.05) is 35.2 Å². The van der Waals surface area contributed by atoms with Crippen molar-refractivity contribution in [2.75, 3.05) is 6.61 Å². The number of hydrogen-bond acceptors (Lipinski definition) is 4. The number of amides is 3. The summed E-state index contributed by atoms with van der Waals surface area (Å²) in [4.78, 5) is 36.8. The van der Waals surface area contributed by atoms with Crippen LogP contribution >= 0.6 is 15.9 Å². The molecule has 2 unspecified atom stereocenters. The van der Waals surface area contributed by atoms with Crippen molar-refractivity contribution in [2.24, 2.45) is 17.3 Å². The number of carbonyl (C=O) groups excluding carboxylic acids is 3. The molecule has 0 aliphatic heterocycles. The molecule has 0 saturated heterocycles. The van der Waals surface area contributed by atoms with E-state index in [1.54, 1.807) is 0 Å². The molecule has 0 radical (unpaired) electrons. The zero-order chi connectivity index (χ0) is 19.1. The number of alkyl halides is 1. The van der Waals surface area contributed by atoms with Crippen LogP contribution in [-0.4, -0.2) is 34.9 Å². The molecule has 5 fully saturated rings. The van der Waals surface area contributed by atoms with Crippen LogP contribution < -0.4 is 10.6 Å². The van der Waals surface area contributed by atoms with Crippen molar-refractivity contribution in [2.45, 2.75) is 81.0 Å². The third-order valence-electron chi connectivity index (χ3n) is 6.95. The number of carbonyl (C=O) groups is 3. The van der Waals surface area contributed by atoms with Crippen molar-refractivity contribution in [3.8, 4) is 0 Å². The maximum absolute atomic E-state index is 12.8. The number of hydrogen-bond donors (Lipinski definition) is 2. The standard InChI is InChI=1S/C20H29BrN2O4/c21-20-9-13-6-14(10-20)8-19(7-13,12-20)17(25)27-11-16(24)23-18(26)22-15-4-2-1-3-5-15/h13-15H,1-12H2,(H2,22,23,24,26). The van der Waals surface area contributed by atoms with Gasteiger partial charge in [-0.2, -0.15) is 0 Å². The Hall–Kier alpha value is -1.11. The van der Waals surface area contributed by atoms with Crippen LogP contribution in [0.25, 0.3) is 0 Å². The van der Waals surface area contributed by atoms with Crippen LogP contribution in [0.15, 0.2) is 0 Å². The normalized spacial score (nSPS) is 37.7. The lowest BCUT2D eigenvalue weighted by atomic mass is 9.49. The monoisotopic (exact) mass is 440 g/mol. The largest absolute Gasteiger partial charge is 0.455 e. The van der Waals surface area contributed by atoms with Gasteiger partial charge in [-0.05, 0) is 63.2 Å². The minimum absolute atomic E-state index is 0.0677. The Morgan fingerprint density at radius 3 is 2.30 bits per heavy atom. The minimum atomic E-state index is -0.560. The third kappa shape index (κ3) is 4.17. The fraction of sp³-hybridized carbons (Fsp3) is 0.850. The van der Waals surface area contributed by atoms with Gasteiger partial charge in [-0.3, -0.25) is 14.9 Å². The molecule has 0 heterocycles. The van der Waals surface area contributed by atoms with Gasteiger partial charge in [0, 0.05) is 10.4 Å². The molecule has 4 bridgehead atoms. The van der Waals surface area contributed by atoms with Gasteiger partial charge in [-0.25, -0.2) is 4.79 Å². The first kappa shape index (κ1) is 19.2. The van der Waals surface area contributed by atoms with E-state index in [9.17, 15) is 14.4 Å². The molecule has 0 aromatic rings. The fourth-order valence-corrected chi connectivity index (χ4v) is 7.76. The van der Waals surface area contributed by atoms with Crippen molar-refractivity contribution in [1.82, 2.24) is 10.6 Å². The lowest BCUT2D eigenvalue weighted by molar-refractivity contribution is -0.171. The van der Waals surface area contributed by atoms with E-state index in [1.165, 1.54) is 12.8 Å². The number of imide groups is 1. The average molecular weight is 441 g/mol. The second kappa shape index (κ2) is 7.37. The highest BCUT2D eigenvalue weighted by atomic mass is 79.9. The van der Waals surface area contributed by atoms with Gasteiger partial charge in [0.05, 0.1) is 5.41 Å². The summed E-state index contributed by atoms with van der Waals surface area (Å²) in [5.41, 5.74) is -0.446. The lowest BCUT2D eigenvalue weighted by Crippen LogP contribution is -2.56. The van der Waals surface area contributed by atoms with Gasteiger partial charge in [0.1, 0.15) is 0 Å². The summed E-state index contributed by atoms with van der Waals surface area (Å²) in [6.07, 6.45) is 11.4. The van der Waals surface area contributed by atoms with Gasteiger partial charge in [0.25, 0.3) is 5.91 Å². The van der Waals surface area contributed by atoms with Crippen LogP contribution in [0.4, 0.5) is 4.79 Å². The number of nitrogens with one attached hydrogen (secondary N) is 2. The van der Waals surface area contributed by atoms with E-state index in [1.807, 2.05) is 0 Å². The summed E-state index contributed by atoms with van der Waals surface area (Å²) in [7, 11) is 0. The van der Waals surface area contributed by atoms with Crippen molar-refractivity contribution in [1.29, 1.82) is 0 Å². The molecule has 3 amide bonds. The van der Waals surface area contributed by atoms with E-state index in [0.29, 0.717) is 11.8 Å². The van der Waals surface area contributed by atoms with Gasteiger partial charge in [0.15, 0.2) is 6.61 Å². The first-order valence-corrected chi connectivity index (χ1v) is 11.1. The van der Waals surface area contributed by atoms with E-state index in [2.05, 4.69) is 26.6 Å². The first-order valence-electron chi connectivity index (χ1n) is 10.3. The molecular formula is C20H29BrN2O4. The quantitative estimate of drug-likeness (QED) is 0.517. The van der Waals surface area contributed by atoms with Crippen LogP contribution in [0.3, 0.4) is 0 Å². The smallest absolute Gasteiger partial charge is 0.321 e. The van der Waals surface area contributed by atoms with Gasteiger partial charge in [0.2, 0.25) is 0 Å². The van der Waals surface area contributed by atoms with Crippen LogP contribution in [0.5, 0.6) is 0 Å². The van der Waals surface area contributed by atoms with Crippen molar-refractivity contribution < 1.29 is 19.1 Å². The molecule has 5 aliphatic rings. The molecule has 0 aromatic heterocycles. The molecule has 5 saturated carbocycles. The van der Waals surface area contributed by atoms with E-state index >= 15 is 0 Å². The highest BCUT2D eigenvalue weighted by molar-refractivity contribution is 9.10. The van der Waals surface area contributed by atoms with Crippen LogP contribution in [0, 0.1) is 17.3 Å². The van der Waals surface area contributed by atoms with E-state index in [0.717, 1.165) is 57.8 Å². The second-order valence-electron chi connectivity index (χ2n) is 9.32. The molecule has 7 heteroatoms. The highest BCUT2D eigenvalue weighted by Crippen LogP contribution is 2.64. The molecule has 2 atom stereocenters. The average Bonchev–Trinajstić information content (AvgIpc) is 2.58. The van der Waals surface area contributed by atoms with Crippen LogP contribution in [0.2, 0.25) is 0 Å². The molecule has 2 N–H and O–H groups in total. The molecule has 150 valence electrons. The topological polar surface area (TPSA) is 84.5 Å². The molecule has 0 spiro atoms. The number of rotatable bonds is 4. The molecular weight excluding hydrogens is 412 g/mol. The number of ether oxygens (including phenoxy) is 1. The molecule has 27 heavy (non-hydrogen) atoms. The summed E-state index contributed by atoms with van der Waals surface area (Å²) in [5, 5.41) is 5.12. The van der Waals surface area contributed by atoms with Gasteiger partial charge >= 0.3 is 12.0 Å². The highest BCUT2D eigenvalue weighted by Gasteiger charge is 2.60. The molecule has 5 aliphatic carbocycles. The summed E-state index contributed by atoms with van der Waals surface area (Å²) >= 11 is 3.88. The first-order chi connectivity index (χ1) is 12.9. The van der Waals surface area contributed by atoms with E-state index in [-0.39, 0.29) is 22.9 Å². The van der Waals surface area contributed by atoms with Crippen LogP contribution in [0.1, 0.15) is 70.6 Å². The summed E-state index contributed by atoms with van der Waals surface area (Å²) in [6, 6.07) is -0.353. The zero-order valence-electron chi connectivity index (χ0n) is 15.7. The SMILES string of the molecule is O=C(COC(=O)C12CC3CC(CC(Br)(C3)C1)C2)NC(=O)NC1CCCCC1. The molecule has 5 rings (SSSR count). The lowest BCUT2D eigenvalue weighted by Gasteiger charge is -2.58. The predicted octanol–water partition coefficient (Wildman–Crippen LogP) is 3.42. The molecule has 0 aromatic carbocycles. The summed E-state index contributed by atoms with van der Waals surface area (Å²) in [6.45, 7) is -0.386. The van der Waals surface area contributed by atoms with Crippen LogP contribution in [-0.2, 0) is 14.3 Å². The maximum Gasteiger partial charge on any atom is 0.321 e. The van der Waals surface area contributed by atoms with E-state index in [4.69, 9.17) is 4.74 Å². The maximum atomic E-state index is 12.8. The number of esters is 1. The summed E-state index contributed by atoms with van der Waals surface area (Å²) < 4.78 is 5.44. The number of urea groups is 1. The Balaban J connectivity index is 1.25. The Kier molecular flexibility index (Phi) is 5.25. The van der Waals surface area contributed by atoms with Gasteiger partial charge in [-0.15, -0.1) is 0 Å². The Morgan fingerprint density at radius 2 is 1.67 bits per heavy atom. The zero-order valence-corrected chi connectivity index (χ0v) is 17.3. The minimum Gasteiger partial charge on any atom is -0.455 e.